The molecule has 2 aromatic carbocycles. The minimum Gasteiger partial charge on any atom is -0.494 e. The second kappa shape index (κ2) is 9.61. The molecule has 0 aliphatic carbocycles. The van der Waals surface area contributed by atoms with Gasteiger partial charge >= 0.3 is 12.2 Å². The Kier molecular flexibility index (Phi) is 6.91. The van der Waals surface area contributed by atoms with E-state index in [2.05, 4.69) is 28.5 Å². The Hall–Kier alpha value is -3.40. The summed E-state index contributed by atoms with van der Waals surface area (Å²) in [6, 6.07) is 9.02. The van der Waals surface area contributed by atoms with Gasteiger partial charge in [-0.1, -0.05) is 25.5 Å². The maximum Gasteiger partial charge on any atom is 0.418 e. The van der Waals surface area contributed by atoms with Crippen molar-refractivity contribution in [2.24, 2.45) is 0 Å². The van der Waals surface area contributed by atoms with E-state index in [4.69, 9.17) is 4.74 Å². The van der Waals surface area contributed by atoms with Crippen molar-refractivity contribution in [3.8, 4) is 5.75 Å². The summed E-state index contributed by atoms with van der Waals surface area (Å²) in [6.07, 6.45) is 0.411. The summed E-state index contributed by atoms with van der Waals surface area (Å²) >= 11 is 0. The van der Waals surface area contributed by atoms with Gasteiger partial charge in [0, 0.05) is 18.0 Å². The molecule has 7 nitrogen and oxygen atoms in total. The van der Waals surface area contributed by atoms with E-state index in [1.807, 2.05) is 6.20 Å². The molecule has 0 aromatic heterocycles. The molecule has 2 amide bonds. The molecule has 0 atom stereocenters. The first-order chi connectivity index (χ1) is 14.8. The smallest absolute Gasteiger partial charge is 0.418 e. The first kappa shape index (κ1) is 22.3. The number of benzene rings is 2. The number of halogens is 3. The number of amides is 2. The Morgan fingerprint density at radius 3 is 2.58 bits per heavy atom. The molecule has 0 bridgehead atoms. The Labute approximate surface area is 178 Å². The molecule has 0 unspecified atom stereocenters. The second-order valence-corrected chi connectivity index (χ2v) is 6.87. The van der Waals surface area contributed by atoms with Crippen LogP contribution in [0.1, 0.15) is 31.7 Å². The lowest BCUT2D eigenvalue weighted by Crippen LogP contribution is -2.36. The normalized spacial score (nSPS) is 13.5. The number of carbonyl (C=O) groups is 1. The summed E-state index contributed by atoms with van der Waals surface area (Å²) in [5.74, 6) is 0.356. The Morgan fingerprint density at radius 2 is 1.87 bits per heavy atom. The molecule has 1 aliphatic rings. The Bertz CT molecular complexity index is 962. The molecule has 0 radical (unpaired) electrons. The van der Waals surface area contributed by atoms with Crippen molar-refractivity contribution in [3.05, 3.63) is 59.9 Å². The van der Waals surface area contributed by atoms with Crippen molar-refractivity contribution >= 4 is 23.1 Å². The molecule has 31 heavy (non-hydrogen) atoms. The number of hydrogen-bond acceptors (Lipinski definition) is 5. The number of nitrogens with zero attached hydrogens (tertiary/aromatic N) is 1. The molecule has 2 aromatic rings. The minimum atomic E-state index is -4.58. The fourth-order valence-corrected chi connectivity index (χ4v) is 3.03. The zero-order chi connectivity index (χ0) is 22.4. The molecular weight excluding hydrogens is 411 g/mol. The van der Waals surface area contributed by atoms with Gasteiger partial charge in [-0.05, 0) is 37.1 Å². The van der Waals surface area contributed by atoms with Gasteiger partial charge in [-0.15, -0.1) is 5.53 Å². The largest absolute Gasteiger partial charge is 0.494 e. The van der Waals surface area contributed by atoms with E-state index in [1.54, 1.807) is 23.2 Å². The van der Waals surface area contributed by atoms with E-state index in [1.165, 1.54) is 25.3 Å². The van der Waals surface area contributed by atoms with Crippen LogP contribution in [0.25, 0.3) is 0 Å². The standard InChI is InChI=1S/C21H24F3N5O2/c1-3-4-7-14-13-29(28-27-14)15-10-11-18(19(12-15)31-2)26-20(30)25-17-9-6-5-8-16(17)21(22,23)24/h5-6,8-13,27-28H,3-4,7H2,1-2H3,(H2,25,26,30). The zero-order valence-corrected chi connectivity index (χ0v) is 17.1. The maximum absolute atomic E-state index is 13.1. The quantitative estimate of drug-likeness (QED) is 0.480. The molecule has 0 fully saturated rings. The highest BCUT2D eigenvalue weighted by molar-refractivity contribution is 6.01. The van der Waals surface area contributed by atoms with Gasteiger partial charge in [-0.2, -0.15) is 13.2 Å². The Morgan fingerprint density at radius 1 is 1.13 bits per heavy atom. The second-order valence-electron chi connectivity index (χ2n) is 6.87. The first-order valence-electron chi connectivity index (χ1n) is 9.75. The van der Waals surface area contributed by atoms with E-state index in [0.29, 0.717) is 11.4 Å². The third-order valence-corrected chi connectivity index (χ3v) is 4.61. The number of urea groups is 1. The Balaban J connectivity index is 1.72. The zero-order valence-electron chi connectivity index (χ0n) is 17.1. The fourth-order valence-electron chi connectivity index (χ4n) is 3.03. The van der Waals surface area contributed by atoms with E-state index in [9.17, 15) is 18.0 Å². The third-order valence-electron chi connectivity index (χ3n) is 4.61. The molecule has 10 heteroatoms. The molecule has 1 heterocycles. The number of hydrazine groups is 2. The molecule has 0 spiro atoms. The van der Waals surface area contributed by atoms with Crippen LogP contribution in [0.3, 0.4) is 0 Å². The van der Waals surface area contributed by atoms with Crippen molar-refractivity contribution in [1.82, 2.24) is 11.0 Å². The molecule has 1 aliphatic heterocycles. The first-order valence-corrected chi connectivity index (χ1v) is 9.75. The highest BCUT2D eigenvalue weighted by Gasteiger charge is 2.33. The summed E-state index contributed by atoms with van der Waals surface area (Å²) in [5, 5.41) is 6.55. The number of hydrogen-bond donors (Lipinski definition) is 4. The van der Waals surface area contributed by atoms with Crippen LogP contribution < -0.4 is 31.3 Å². The number of alkyl halides is 3. The van der Waals surface area contributed by atoms with Crippen molar-refractivity contribution < 1.29 is 22.7 Å². The molecule has 0 saturated heterocycles. The van der Waals surface area contributed by atoms with E-state index in [-0.39, 0.29) is 5.69 Å². The highest BCUT2D eigenvalue weighted by Crippen LogP contribution is 2.35. The summed E-state index contributed by atoms with van der Waals surface area (Å²) in [6.45, 7) is 2.12. The number of para-hydroxylation sites is 1. The van der Waals surface area contributed by atoms with Gasteiger partial charge in [0.2, 0.25) is 0 Å². The van der Waals surface area contributed by atoms with Crippen LogP contribution in [-0.2, 0) is 6.18 Å². The number of nitrogens with one attached hydrogen (secondary N) is 4. The predicted octanol–water partition coefficient (Wildman–Crippen LogP) is 5.22. The van der Waals surface area contributed by atoms with Crippen LogP contribution >= 0.6 is 0 Å². The van der Waals surface area contributed by atoms with E-state index < -0.39 is 17.8 Å². The number of allylic oxidation sites excluding steroid dienone is 1. The van der Waals surface area contributed by atoms with Crippen LogP contribution in [0.4, 0.5) is 35.0 Å². The van der Waals surface area contributed by atoms with E-state index >= 15 is 0 Å². The number of ether oxygens (including phenoxy) is 1. The van der Waals surface area contributed by atoms with Crippen LogP contribution in [0.2, 0.25) is 0 Å². The highest BCUT2D eigenvalue weighted by atomic mass is 19.4. The van der Waals surface area contributed by atoms with Gasteiger partial charge in [-0.3, -0.25) is 5.01 Å². The minimum absolute atomic E-state index is 0.315. The van der Waals surface area contributed by atoms with Gasteiger partial charge in [0.25, 0.3) is 0 Å². The topological polar surface area (TPSA) is 77.7 Å². The van der Waals surface area contributed by atoms with Crippen molar-refractivity contribution in [2.45, 2.75) is 32.4 Å². The van der Waals surface area contributed by atoms with Crippen molar-refractivity contribution in [3.63, 3.8) is 0 Å². The molecule has 166 valence electrons. The number of carbonyl (C=O) groups excluding carboxylic acids is 1. The third kappa shape index (κ3) is 5.60. The maximum atomic E-state index is 13.1. The van der Waals surface area contributed by atoms with E-state index in [0.717, 1.165) is 36.7 Å². The molecule has 0 saturated carbocycles. The summed E-state index contributed by atoms with van der Waals surface area (Å²) in [4.78, 5) is 12.3. The number of methoxy groups -OCH3 is 1. The van der Waals surface area contributed by atoms with Crippen LogP contribution in [-0.4, -0.2) is 13.1 Å². The lowest BCUT2D eigenvalue weighted by molar-refractivity contribution is -0.136. The van der Waals surface area contributed by atoms with Crippen LogP contribution in [0.5, 0.6) is 5.75 Å². The lowest BCUT2D eigenvalue weighted by atomic mass is 10.1. The summed E-state index contributed by atoms with van der Waals surface area (Å²) in [7, 11) is 1.44. The SMILES string of the molecule is CCCCC1=CN(c2ccc(NC(=O)Nc3ccccc3C(F)(F)F)c(OC)c2)NN1. The number of anilines is 3. The van der Waals surface area contributed by atoms with Gasteiger partial charge in [0.05, 0.1) is 29.7 Å². The molecule has 3 rings (SSSR count). The van der Waals surface area contributed by atoms with Crippen LogP contribution in [0, 0.1) is 0 Å². The summed E-state index contributed by atoms with van der Waals surface area (Å²) in [5.41, 5.74) is 6.98. The lowest BCUT2D eigenvalue weighted by Gasteiger charge is -2.18. The number of rotatable bonds is 7. The van der Waals surface area contributed by atoms with Crippen molar-refractivity contribution in [2.75, 3.05) is 22.8 Å². The fraction of sp³-hybridized carbons (Fsp3) is 0.286. The van der Waals surface area contributed by atoms with Gasteiger partial charge in [0.15, 0.2) is 0 Å². The summed E-state index contributed by atoms with van der Waals surface area (Å²) < 4.78 is 44.7. The van der Waals surface area contributed by atoms with Crippen molar-refractivity contribution in [1.29, 1.82) is 0 Å². The van der Waals surface area contributed by atoms with Crippen LogP contribution in [0.15, 0.2) is 54.4 Å². The van der Waals surface area contributed by atoms with Gasteiger partial charge in [-0.25, -0.2) is 4.79 Å². The van der Waals surface area contributed by atoms with Gasteiger partial charge in [0.1, 0.15) is 5.75 Å². The average Bonchev–Trinajstić information content (AvgIpc) is 3.21. The predicted molar refractivity (Wildman–Crippen MR) is 113 cm³/mol. The average molecular weight is 435 g/mol. The van der Waals surface area contributed by atoms with Gasteiger partial charge < -0.3 is 20.8 Å². The molecular formula is C21H24F3N5O2. The monoisotopic (exact) mass is 435 g/mol. The number of unbranched alkanes of at least 4 members (excludes halogenated alkanes) is 1. The molecule has 4 N–H and O–H groups in total.